The molecule has 0 N–H and O–H groups in total. The van der Waals surface area contributed by atoms with Gasteiger partial charge in [0, 0.05) is 0 Å². The van der Waals surface area contributed by atoms with Crippen molar-refractivity contribution < 1.29 is 0 Å². The molecular weight excluding hydrogens is 212 g/mol. The van der Waals surface area contributed by atoms with Gasteiger partial charge in [0.15, 0.2) is 0 Å². The molecule has 0 bridgehead atoms. The second kappa shape index (κ2) is 7.65. The molecule has 0 spiro atoms. The first-order chi connectivity index (χ1) is 8.16. The Hall–Kier alpha value is -1.58. The molecule has 17 heavy (non-hydrogen) atoms. The Labute approximate surface area is 104 Å². The van der Waals surface area contributed by atoms with Gasteiger partial charge in [-0.15, -0.1) is 0 Å². The van der Waals surface area contributed by atoms with Gasteiger partial charge in [-0.25, -0.2) is 19.9 Å². The number of fused-ring (bicyclic) bond motifs is 1. The van der Waals surface area contributed by atoms with Crippen molar-refractivity contribution in [3.63, 3.8) is 0 Å². The highest BCUT2D eigenvalue weighted by atomic mass is 15.0. The van der Waals surface area contributed by atoms with Crippen LogP contribution < -0.4 is 0 Å². The molecule has 0 unspecified atom stereocenters. The average molecular weight is 234 g/mol. The Morgan fingerprint density at radius 1 is 0.765 bits per heavy atom. The van der Waals surface area contributed by atoms with E-state index in [4.69, 9.17) is 0 Å². The van der Waals surface area contributed by atoms with Gasteiger partial charge in [-0.05, 0) is 20.8 Å². The summed E-state index contributed by atoms with van der Waals surface area (Å²) >= 11 is 0. The molecule has 0 aliphatic carbocycles. The van der Waals surface area contributed by atoms with Crippen LogP contribution >= 0.6 is 0 Å². The molecule has 0 saturated carbocycles. The molecule has 0 aromatic carbocycles. The smallest absolute Gasteiger partial charge is 0.126 e. The molecule has 2 heterocycles. The molecule has 0 radical (unpaired) electrons. The number of rotatable bonds is 0. The molecule has 0 aliphatic heterocycles. The molecule has 0 amide bonds. The van der Waals surface area contributed by atoms with Crippen molar-refractivity contribution in [3.05, 3.63) is 23.5 Å². The van der Waals surface area contributed by atoms with Gasteiger partial charge >= 0.3 is 0 Å². The number of hydrogen-bond donors (Lipinski definition) is 0. The summed E-state index contributed by atoms with van der Waals surface area (Å²) in [5, 5.41) is 0. The minimum atomic E-state index is 0.753. The first-order valence-electron chi connectivity index (χ1n) is 6.11. The summed E-state index contributed by atoms with van der Waals surface area (Å²) in [6, 6.07) is 0. The third kappa shape index (κ3) is 4.06. The van der Waals surface area contributed by atoms with E-state index in [0.717, 1.165) is 28.4 Å². The summed E-state index contributed by atoms with van der Waals surface area (Å²) in [6.45, 7) is 13.7. The Balaban J connectivity index is 0.000000581. The van der Waals surface area contributed by atoms with E-state index in [-0.39, 0.29) is 0 Å². The van der Waals surface area contributed by atoms with Crippen LogP contribution in [-0.4, -0.2) is 19.9 Å². The van der Waals surface area contributed by atoms with Crippen LogP contribution in [0.15, 0.2) is 6.20 Å². The monoisotopic (exact) mass is 234 g/mol. The normalized spacial score (nSPS) is 8.88. The van der Waals surface area contributed by atoms with E-state index in [1.165, 1.54) is 0 Å². The zero-order valence-electron chi connectivity index (χ0n) is 11.9. The summed E-state index contributed by atoms with van der Waals surface area (Å²) in [7, 11) is 0. The molecule has 2 aromatic rings. The van der Waals surface area contributed by atoms with Gasteiger partial charge in [0.1, 0.15) is 22.7 Å². The molecule has 4 heteroatoms. The quantitative estimate of drug-likeness (QED) is 0.701. The van der Waals surface area contributed by atoms with Gasteiger partial charge in [0.05, 0.1) is 11.9 Å². The molecule has 0 fully saturated rings. The fourth-order valence-electron chi connectivity index (χ4n) is 1.31. The number of aromatic nitrogens is 4. The Bertz CT molecular complexity index is 466. The minimum Gasteiger partial charge on any atom is -0.239 e. The average Bonchev–Trinajstić information content (AvgIpc) is 2.35. The van der Waals surface area contributed by atoms with Crippen molar-refractivity contribution in [3.8, 4) is 0 Å². The fourth-order valence-corrected chi connectivity index (χ4v) is 1.31. The first-order valence-corrected chi connectivity index (χ1v) is 6.11. The summed E-state index contributed by atoms with van der Waals surface area (Å²) in [6.07, 6.45) is 1.74. The van der Waals surface area contributed by atoms with E-state index >= 15 is 0 Å². The molecule has 0 aliphatic rings. The Morgan fingerprint density at radius 2 is 1.35 bits per heavy atom. The van der Waals surface area contributed by atoms with Gasteiger partial charge in [-0.1, -0.05) is 27.7 Å². The number of nitrogens with zero attached hydrogens (tertiary/aromatic N) is 4. The van der Waals surface area contributed by atoms with Crippen molar-refractivity contribution in [2.24, 2.45) is 0 Å². The standard InChI is InChI=1S/C9H10N4.2C2H6/c1-5-9-8(12-7(3)11-5)4-10-6(2)13-9;2*1-2/h4H,1-3H3;2*1-2H3. The van der Waals surface area contributed by atoms with Gasteiger partial charge in [-0.3, -0.25) is 0 Å². The molecule has 0 atom stereocenters. The van der Waals surface area contributed by atoms with Gasteiger partial charge in [0.2, 0.25) is 0 Å². The van der Waals surface area contributed by atoms with E-state index in [9.17, 15) is 0 Å². The topological polar surface area (TPSA) is 51.6 Å². The highest BCUT2D eigenvalue weighted by Crippen LogP contribution is 2.10. The van der Waals surface area contributed by atoms with Gasteiger partial charge in [0.25, 0.3) is 0 Å². The summed E-state index contributed by atoms with van der Waals surface area (Å²) in [5.41, 5.74) is 2.57. The Kier molecular flexibility index (Phi) is 6.94. The second-order valence-corrected chi connectivity index (χ2v) is 3.01. The SMILES string of the molecule is CC.CC.Cc1nc(C)c2nc(C)ncc2n1. The van der Waals surface area contributed by atoms with Crippen LogP contribution in [0, 0.1) is 20.8 Å². The second-order valence-electron chi connectivity index (χ2n) is 3.01. The van der Waals surface area contributed by atoms with Crippen LogP contribution in [0.3, 0.4) is 0 Å². The lowest BCUT2D eigenvalue weighted by atomic mass is 10.3. The molecule has 2 rings (SSSR count). The third-order valence-electron chi connectivity index (χ3n) is 1.84. The van der Waals surface area contributed by atoms with E-state index < -0.39 is 0 Å². The largest absolute Gasteiger partial charge is 0.239 e. The molecule has 4 nitrogen and oxygen atoms in total. The highest BCUT2D eigenvalue weighted by Gasteiger charge is 2.03. The number of aryl methyl sites for hydroxylation is 3. The van der Waals surface area contributed by atoms with E-state index in [0.29, 0.717) is 0 Å². The highest BCUT2D eigenvalue weighted by molar-refractivity contribution is 5.75. The van der Waals surface area contributed by atoms with Crippen molar-refractivity contribution in [2.75, 3.05) is 0 Å². The zero-order valence-corrected chi connectivity index (χ0v) is 11.9. The molecular formula is C13H22N4. The maximum Gasteiger partial charge on any atom is 0.126 e. The fraction of sp³-hybridized carbons (Fsp3) is 0.538. The summed E-state index contributed by atoms with van der Waals surface area (Å²) in [5.74, 6) is 1.51. The molecule has 94 valence electrons. The van der Waals surface area contributed by atoms with Crippen LogP contribution in [0.2, 0.25) is 0 Å². The maximum atomic E-state index is 4.28. The zero-order chi connectivity index (χ0) is 13.4. The van der Waals surface area contributed by atoms with Crippen LogP contribution in [0.1, 0.15) is 45.0 Å². The van der Waals surface area contributed by atoms with Crippen molar-refractivity contribution in [2.45, 2.75) is 48.5 Å². The predicted octanol–water partition coefficient (Wildman–Crippen LogP) is 3.40. The predicted molar refractivity (Wildman–Crippen MR) is 72.0 cm³/mol. The van der Waals surface area contributed by atoms with Crippen molar-refractivity contribution in [1.82, 2.24) is 19.9 Å². The van der Waals surface area contributed by atoms with Crippen LogP contribution in [0.5, 0.6) is 0 Å². The first kappa shape index (κ1) is 15.4. The minimum absolute atomic E-state index is 0.753. The molecule has 2 aromatic heterocycles. The summed E-state index contributed by atoms with van der Waals surface area (Å²) in [4.78, 5) is 16.9. The van der Waals surface area contributed by atoms with E-state index in [1.807, 2.05) is 48.5 Å². The lowest BCUT2D eigenvalue weighted by molar-refractivity contribution is 1.00. The lowest BCUT2D eigenvalue weighted by Crippen LogP contribution is -1.97. The molecule has 0 saturated heterocycles. The van der Waals surface area contributed by atoms with Crippen LogP contribution in [-0.2, 0) is 0 Å². The maximum absolute atomic E-state index is 4.28. The van der Waals surface area contributed by atoms with Crippen molar-refractivity contribution in [1.29, 1.82) is 0 Å². The van der Waals surface area contributed by atoms with Gasteiger partial charge in [-0.2, -0.15) is 0 Å². The van der Waals surface area contributed by atoms with Crippen molar-refractivity contribution >= 4 is 11.0 Å². The summed E-state index contributed by atoms with van der Waals surface area (Å²) < 4.78 is 0. The third-order valence-corrected chi connectivity index (χ3v) is 1.84. The van der Waals surface area contributed by atoms with E-state index in [1.54, 1.807) is 6.20 Å². The van der Waals surface area contributed by atoms with E-state index in [2.05, 4.69) is 19.9 Å². The van der Waals surface area contributed by atoms with Crippen LogP contribution in [0.4, 0.5) is 0 Å². The Morgan fingerprint density at radius 3 is 1.94 bits per heavy atom. The number of hydrogen-bond acceptors (Lipinski definition) is 4. The lowest BCUT2D eigenvalue weighted by Gasteiger charge is -2.01. The van der Waals surface area contributed by atoms with Crippen LogP contribution in [0.25, 0.3) is 11.0 Å². The van der Waals surface area contributed by atoms with Gasteiger partial charge < -0.3 is 0 Å².